The topological polar surface area (TPSA) is 104 Å². The second-order valence-electron chi connectivity index (χ2n) is 6.42. The lowest BCUT2D eigenvalue weighted by atomic mass is 10.0. The molecule has 0 bridgehead atoms. The lowest BCUT2D eigenvalue weighted by Crippen LogP contribution is -2.15. The first kappa shape index (κ1) is 16.9. The Morgan fingerprint density at radius 1 is 1.19 bits per heavy atom. The van der Waals surface area contributed by atoms with Gasteiger partial charge in [0.1, 0.15) is 11.3 Å². The minimum atomic E-state index is -0.572. The second-order valence-corrected chi connectivity index (χ2v) is 6.42. The van der Waals surface area contributed by atoms with Crippen LogP contribution in [0, 0.1) is 24.0 Å². The van der Waals surface area contributed by atoms with E-state index in [1.54, 1.807) is 6.26 Å². The van der Waals surface area contributed by atoms with Gasteiger partial charge in [-0.3, -0.25) is 14.9 Å². The van der Waals surface area contributed by atoms with Gasteiger partial charge in [0.05, 0.1) is 23.7 Å². The van der Waals surface area contributed by atoms with Crippen molar-refractivity contribution >= 4 is 28.3 Å². The van der Waals surface area contributed by atoms with Gasteiger partial charge in [0, 0.05) is 17.0 Å². The first-order valence-electron chi connectivity index (χ1n) is 8.27. The van der Waals surface area contributed by atoms with Gasteiger partial charge in [-0.05, 0) is 31.0 Å². The van der Waals surface area contributed by atoms with E-state index in [1.807, 2.05) is 26.0 Å². The first-order chi connectivity index (χ1) is 12.9. The monoisotopic (exact) mass is 368 g/mol. The fraction of sp³-hybridized carbons (Fsp3) is 0.211. The minimum Gasteiger partial charge on any atom is -0.464 e. The van der Waals surface area contributed by atoms with Gasteiger partial charge >= 0.3 is 0 Å². The number of nitro groups is 1. The molecule has 0 fully saturated rings. The Balaban J connectivity index is 1.61. The molecule has 4 rings (SSSR count). The SMILES string of the molecule is Cc1cc(C)c2c(CC(=O)Nc3cc4c(cc3[N+](=O)[O-])OCO4)coc2c1. The van der Waals surface area contributed by atoms with E-state index in [1.165, 1.54) is 12.1 Å². The summed E-state index contributed by atoms with van der Waals surface area (Å²) in [7, 11) is 0. The summed E-state index contributed by atoms with van der Waals surface area (Å²) in [5.41, 5.74) is 3.33. The van der Waals surface area contributed by atoms with Crippen molar-refractivity contribution < 1.29 is 23.6 Å². The van der Waals surface area contributed by atoms with E-state index in [0.29, 0.717) is 11.3 Å². The van der Waals surface area contributed by atoms with Crippen molar-refractivity contribution in [2.24, 2.45) is 0 Å². The van der Waals surface area contributed by atoms with E-state index in [4.69, 9.17) is 13.9 Å². The third-order valence-corrected chi connectivity index (χ3v) is 4.41. The Kier molecular flexibility index (Phi) is 3.95. The number of nitro benzene ring substituents is 1. The third kappa shape index (κ3) is 3.05. The molecule has 0 saturated carbocycles. The molecule has 1 amide bonds. The smallest absolute Gasteiger partial charge is 0.296 e. The quantitative estimate of drug-likeness (QED) is 0.554. The minimum absolute atomic E-state index is 0.0103. The molecule has 0 unspecified atom stereocenters. The van der Waals surface area contributed by atoms with Crippen LogP contribution in [0.3, 0.4) is 0 Å². The summed E-state index contributed by atoms with van der Waals surface area (Å²) in [4.78, 5) is 23.3. The molecule has 0 saturated heterocycles. The maximum absolute atomic E-state index is 12.5. The van der Waals surface area contributed by atoms with Crippen LogP contribution in [0.1, 0.15) is 16.7 Å². The van der Waals surface area contributed by atoms with Gasteiger partial charge in [-0.25, -0.2) is 0 Å². The molecule has 27 heavy (non-hydrogen) atoms. The summed E-state index contributed by atoms with van der Waals surface area (Å²) in [5, 5.41) is 14.8. The number of hydrogen-bond acceptors (Lipinski definition) is 6. The Morgan fingerprint density at radius 3 is 2.67 bits per heavy atom. The number of ether oxygens (including phenoxy) is 2. The van der Waals surface area contributed by atoms with Crippen LogP contribution in [0.25, 0.3) is 11.0 Å². The number of nitrogens with one attached hydrogen (secondary N) is 1. The molecule has 1 aromatic heterocycles. The van der Waals surface area contributed by atoms with E-state index in [9.17, 15) is 14.9 Å². The molecule has 138 valence electrons. The molecule has 0 aliphatic carbocycles. The maximum atomic E-state index is 12.5. The molecule has 3 aromatic rings. The number of nitrogens with zero attached hydrogens (tertiary/aromatic N) is 1. The zero-order valence-electron chi connectivity index (χ0n) is 14.7. The van der Waals surface area contributed by atoms with Crippen LogP contribution < -0.4 is 14.8 Å². The number of carbonyl (C=O) groups excluding carboxylic acids is 1. The van der Waals surface area contributed by atoms with E-state index in [-0.39, 0.29) is 36.2 Å². The van der Waals surface area contributed by atoms with Gasteiger partial charge in [-0.15, -0.1) is 0 Å². The molecule has 0 atom stereocenters. The van der Waals surface area contributed by atoms with Gasteiger partial charge in [-0.1, -0.05) is 6.07 Å². The largest absolute Gasteiger partial charge is 0.464 e. The molecule has 8 nitrogen and oxygen atoms in total. The molecule has 1 aliphatic heterocycles. The van der Waals surface area contributed by atoms with Crippen LogP contribution in [0.2, 0.25) is 0 Å². The van der Waals surface area contributed by atoms with Gasteiger partial charge in [-0.2, -0.15) is 0 Å². The molecular weight excluding hydrogens is 352 g/mol. The number of anilines is 1. The number of carbonyl (C=O) groups is 1. The summed E-state index contributed by atoms with van der Waals surface area (Å²) in [5.74, 6) is 0.252. The van der Waals surface area contributed by atoms with Crippen molar-refractivity contribution in [2.45, 2.75) is 20.3 Å². The predicted molar refractivity (Wildman–Crippen MR) is 97.2 cm³/mol. The molecule has 0 radical (unpaired) electrons. The Bertz CT molecular complexity index is 1090. The van der Waals surface area contributed by atoms with Gasteiger partial charge in [0.25, 0.3) is 5.69 Å². The normalized spacial score (nSPS) is 12.4. The van der Waals surface area contributed by atoms with E-state index >= 15 is 0 Å². The van der Waals surface area contributed by atoms with Crippen LogP contribution in [-0.4, -0.2) is 17.6 Å². The standard InChI is InChI=1S/C19H16N2O6/c1-10-3-11(2)19-12(8-25-17(19)4-10)5-18(22)20-13-6-15-16(27-9-26-15)7-14(13)21(23)24/h3-4,6-8H,5,9H2,1-2H3,(H,20,22). The fourth-order valence-corrected chi connectivity index (χ4v) is 3.31. The van der Waals surface area contributed by atoms with Crippen molar-refractivity contribution in [2.75, 3.05) is 12.1 Å². The number of hydrogen-bond donors (Lipinski definition) is 1. The molecule has 1 N–H and O–H groups in total. The average Bonchev–Trinajstić information content (AvgIpc) is 3.20. The van der Waals surface area contributed by atoms with E-state index < -0.39 is 4.92 Å². The molecule has 2 heterocycles. The zero-order valence-corrected chi connectivity index (χ0v) is 14.7. The molecular formula is C19H16N2O6. The Morgan fingerprint density at radius 2 is 1.93 bits per heavy atom. The second kappa shape index (κ2) is 6.31. The summed E-state index contributed by atoms with van der Waals surface area (Å²) >= 11 is 0. The molecule has 0 spiro atoms. The highest BCUT2D eigenvalue weighted by Gasteiger charge is 2.25. The highest BCUT2D eigenvalue weighted by atomic mass is 16.7. The fourth-order valence-electron chi connectivity index (χ4n) is 3.31. The highest BCUT2D eigenvalue weighted by molar-refractivity contribution is 5.98. The lowest BCUT2D eigenvalue weighted by Gasteiger charge is -2.07. The van der Waals surface area contributed by atoms with Crippen molar-refractivity contribution in [3.8, 4) is 11.5 Å². The van der Waals surface area contributed by atoms with E-state index in [0.717, 1.165) is 22.1 Å². The maximum Gasteiger partial charge on any atom is 0.296 e. The van der Waals surface area contributed by atoms with Crippen molar-refractivity contribution in [1.29, 1.82) is 0 Å². The molecule has 1 aliphatic rings. The number of aryl methyl sites for hydroxylation is 2. The number of amides is 1. The number of furan rings is 1. The Labute approximate surface area is 153 Å². The number of benzene rings is 2. The highest BCUT2D eigenvalue weighted by Crippen LogP contribution is 2.40. The van der Waals surface area contributed by atoms with Crippen LogP contribution in [0.5, 0.6) is 11.5 Å². The molecule has 2 aromatic carbocycles. The van der Waals surface area contributed by atoms with E-state index in [2.05, 4.69) is 5.32 Å². The van der Waals surface area contributed by atoms with Gasteiger partial charge in [0.2, 0.25) is 12.7 Å². The van der Waals surface area contributed by atoms with Crippen LogP contribution in [0.15, 0.2) is 34.9 Å². The molecule has 8 heteroatoms. The van der Waals surface area contributed by atoms with Crippen molar-refractivity contribution in [3.63, 3.8) is 0 Å². The van der Waals surface area contributed by atoms with Crippen LogP contribution in [0.4, 0.5) is 11.4 Å². The number of rotatable bonds is 4. The van der Waals surface area contributed by atoms with Gasteiger partial charge in [0.15, 0.2) is 11.5 Å². The predicted octanol–water partition coefficient (Wildman–Crippen LogP) is 3.87. The lowest BCUT2D eigenvalue weighted by molar-refractivity contribution is -0.384. The van der Waals surface area contributed by atoms with Crippen LogP contribution in [-0.2, 0) is 11.2 Å². The Hall–Kier alpha value is -3.55. The first-order valence-corrected chi connectivity index (χ1v) is 8.27. The summed E-state index contributed by atoms with van der Waals surface area (Å²) in [6, 6.07) is 6.58. The van der Waals surface area contributed by atoms with Gasteiger partial charge < -0.3 is 19.2 Å². The summed E-state index contributed by atoms with van der Waals surface area (Å²) in [6.07, 6.45) is 1.58. The van der Waals surface area contributed by atoms with Crippen molar-refractivity contribution in [3.05, 3.63) is 57.3 Å². The van der Waals surface area contributed by atoms with Crippen LogP contribution >= 0.6 is 0 Å². The van der Waals surface area contributed by atoms with Crippen molar-refractivity contribution in [1.82, 2.24) is 0 Å². The zero-order chi connectivity index (χ0) is 19.1. The third-order valence-electron chi connectivity index (χ3n) is 4.41. The average molecular weight is 368 g/mol. The summed E-state index contributed by atoms with van der Waals surface area (Å²) < 4.78 is 15.9. The number of fused-ring (bicyclic) bond motifs is 2. The summed E-state index contributed by atoms with van der Waals surface area (Å²) in [6.45, 7) is 3.92.